The highest BCUT2D eigenvalue weighted by Crippen LogP contribution is 2.44. The van der Waals surface area contributed by atoms with Crippen LogP contribution >= 0.6 is 0 Å². The predicted octanol–water partition coefficient (Wildman–Crippen LogP) is 4.34. The number of nitrogens with zero attached hydrogens (tertiary/aromatic N) is 7. The van der Waals surface area contributed by atoms with Crippen molar-refractivity contribution in [3.63, 3.8) is 0 Å². The van der Waals surface area contributed by atoms with Gasteiger partial charge in [0.25, 0.3) is 0 Å². The van der Waals surface area contributed by atoms with Crippen molar-refractivity contribution in [3.05, 3.63) is 65.6 Å². The molecule has 0 spiro atoms. The summed E-state index contributed by atoms with van der Waals surface area (Å²) in [4.78, 5) is 21.6. The number of aryl methyl sites for hydroxylation is 1. The monoisotopic (exact) mass is 482 g/mol. The first kappa shape index (κ1) is 22.7. The molecule has 1 N–H and O–H groups in total. The Bertz CT molecular complexity index is 1350. The third kappa shape index (κ3) is 4.77. The normalized spacial score (nSPS) is 13.6. The van der Waals surface area contributed by atoms with Crippen molar-refractivity contribution in [1.29, 1.82) is 0 Å². The molecule has 0 amide bonds. The summed E-state index contributed by atoms with van der Waals surface area (Å²) < 4.78 is 45.5. The van der Waals surface area contributed by atoms with Crippen LogP contribution in [0.15, 0.2) is 43.0 Å². The number of rotatable bonds is 7. The van der Waals surface area contributed by atoms with Gasteiger partial charge in [0.2, 0.25) is 11.8 Å². The largest absolute Gasteiger partial charge is 0.480 e. The van der Waals surface area contributed by atoms with Crippen molar-refractivity contribution in [2.24, 2.45) is 0 Å². The van der Waals surface area contributed by atoms with E-state index < -0.39 is 11.9 Å². The second-order valence-corrected chi connectivity index (χ2v) is 8.15. The van der Waals surface area contributed by atoms with Gasteiger partial charge in [-0.25, -0.2) is 24.6 Å². The van der Waals surface area contributed by atoms with Gasteiger partial charge in [-0.3, -0.25) is 0 Å². The molecule has 0 atom stereocenters. The quantitative estimate of drug-likeness (QED) is 0.415. The van der Waals surface area contributed by atoms with Gasteiger partial charge >= 0.3 is 6.18 Å². The number of hydrogen-bond acceptors (Lipinski definition) is 8. The molecule has 0 bridgehead atoms. The topological polar surface area (TPSA) is 104 Å². The Morgan fingerprint density at radius 2 is 1.80 bits per heavy atom. The zero-order valence-electron chi connectivity index (χ0n) is 18.9. The van der Waals surface area contributed by atoms with E-state index in [0.29, 0.717) is 47.1 Å². The number of nitrogens with one attached hydrogen (secondary N) is 1. The molecule has 35 heavy (non-hydrogen) atoms. The Balaban J connectivity index is 1.32. The molecule has 0 unspecified atom stereocenters. The van der Waals surface area contributed by atoms with Gasteiger partial charge < -0.3 is 10.1 Å². The summed E-state index contributed by atoms with van der Waals surface area (Å²) in [6.07, 6.45) is 0.507. The second-order valence-electron chi connectivity index (χ2n) is 8.15. The first-order valence-electron chi connectivity index (χ1n) is 10.9. The minimum atomic E-state index is -4.49. The Labute approximate surface area is 198 Å². The van der Waals surface area contributed by atoms with E-state index in [1.807, 2.05) is 0 Å². The fraction of sp³-hybridized carbons (Fsp3) is 0.304. The average Bonchev–Trinajstić information content (AvgIpc) is 3.63. The lowest BCUT2D eigenvalue weighted by Gasteiger charge is -2.11. The summed E-state index contributed by atoms with van der Waals surface area (Å²) >= 11 is 0. The van der Waals surface area contributed by atoms with Crippen LogP contribution in [0.5, 0.6) is 5.88 Å². The van der Waals surface area contributed by atoms with Crippen LogP contribution in [0.1, 0.15) is 41.4 Å². The van der Waals surface area contributed by atoms with Gasteiger partial charge in [-0.05, 0) is 43.5 Å². The van der Waals surface area contributed by atoms with E-state index in [-0.39, 0.29) is 0 Å². The molecule has 1 aliphatic carbocycles. The third-order valence-electron chi connectivity index (χ3n) is 5.60. The zero-order valence-corrected chi connectivity index (χ0v) is 18.9. The van der Waals surface area contributed by atoms with E-state index in [1.165, 1.54) is 17.3 Å². The Hall–Kier alpha value is -4.09. The summed E-state index contributed by atoms with van der Waals surface area (Å²) in [5.74, 6) is 1.55. The maximum Gasteiger partial charge on any atom is 0.435 e. The van der Waals surface area contributed by atoms with Gasteiger partial charge in [0.05, 0.1) is 18.5 Å². The number of anilines is 1. The zero-order chi connectivity index (χ0) is 24.6. The number of halogens is 3. The summed E-state index contributed by atoms with van der Waals surface area (Å²) in [6.45, 7) is 1.98. The van der Waals surface area contributed by atoms with E-state index in [2.05, 4.69) is 35.3 Å². The molecule has 3 heterocycles. The molecule has 1 aromatic carbocycles. The highest BCUT2D eigenvalue weighted by atomic mass is 19.4. The van der Waals surface area contributed by atoms with Crippen LogP contribution in [-0.4, -0.2) is 41.8 Å². The first-order valence-corrected chi connectivity index (χ1v) is 10.9. The summed E-state index contributed by atoms with van der Waals surface area (Å²) in [5, 5.41) is 6.83. The van der Waals surface area contributed by atoms with Gasteiger partial charge in [0.15, 0.2) is 11.5 Å². The predicted molar refractivity (Wildman–Crippen MR) is 120 cm³/mol. The van der Waals surface area contributed by atoms with Crippen LogP contribution in [0.3, 0.4) is 0 Å². The number of hydrogen-bond donors (Lipinski definition) is 1. The molecular weight excluding hydrogens is 461 g/mol. The maximum absolute atomic E-state index is 13.0. The van der Waals surface area contributed by atoms with Crippen LogP contribution < -0.4 is 10.1 Å². The maximum atomic E-state index is 13.0. The second kappa shape index (κ2) is 8.93. The van der Waals surface area contributed by atoms with Crippen molar-refractivity contribution < 1.29 is 17.9 Å². The van der Waals surface area contributed by atoms with Crippen molar-refractivity contribution in [1.82, 2.24) is 34.7 Å². The van der Waals surface area contributed by atoms with Gasteiger partial charge in [-0.15, -0.1) is 0 Å². The van der Waals surface area contributed by atoms with Crippen LogP contribution in [0.4, 0.5) is 19.1 Å². The smallest absolute Gasteiger partial charge is 0.435 e. The molecule has 12 heteroatoms. The fourth-order valence-electron chi connectivity index (χ4n) is 3.73. The number of benzene rings is 1. The first-order chi connectivity index (χ1) is 16.8. The molecule has 1 fully saturated rings. The number of alkyl halides is 3. The molecule has 180 valence electrons. The number of methoxy groups -OCH3 is 1. The molecule has 1 saturated carbocycles. The van der Waals surface area contributed by atoms with Crippen LogP contribution in [0.25, 0.3) is 17.1 Å². The number of aromatic nitrogens is 7. The molecule has 4 aromatic rings. The minimum Gasteiger partial charge on any atom is -0.480 e. The average molecular weight is 482 g/mol. The lowest BCUT2D eigenvalue weighted by Crippen LogP contribution is -2.08. The SMILES string of the molecule is COc1ncnc(C2CC2)c1-c1ncnc(NCc2ccc(-n3nc(C(F)(F)F)cc3C)cc2)n1. The standard InChI is InChI=1S/C23H21F3N8O/c1-13-9-17(23(24,25)26)33-34(13)16-7-3-14(4-8-16)10-27-22-31-12-29-20(32-22)18-19(15-5-6-15)28-11-30-21(18)35-2/h3-4,7-9,11-12,15H,5-6,10H2,1-2H3,(H,27,29,31,32). The van der Waals surface area contributed by atoms with Crippen molar-refractivity contribution in [3.8, 4) is 23.0 Å². The fourth-order valence-corrected chi connectivity index (χ4v) is 3.73. The van der Waals surface area contributed by atoms with Crippen molar-refractivity contribution >= 4 is 5.95 Å². The molecular formula is C23H21F3N8O. The lowest BCUT2D eigenvalue weighted by molar-refractivity contribution is -0.141. The summed E-state index contributed by atoms with van der Waals surface area (Å²) in [6, 6.07) is 8.06. The van der Waals surface area contributed by atoms with E-state index in [9.17, 15) is 13.2 Å². The van der Waals surface area contributed by atoms with Gasteiger partial charge in [0.1, 0.15) is 18.2 Å². The van der Waals surface area contributed by atoms with Crippen molar-refractivity contribution in [2.45, 2.75) is 38.4 Å². The molecule has 0 radical (unpaired) electrons. The van der Waals surface area contributed by atoms with E-state index in [0.717, 1.165) is 30.2 Å². The van der Waals surface area contributed by atoms with Gasteiger partial charge in [0, 0.05) is 18.2 Å². The summed E-state index contributed by atoms with van der Waals surface area (Å²) in [7, 11) is 1.54. The van der Waals surface area contributed by atoms with E-state index >= 15 is 0 Å². The third-order valence-corrected chi connectivity index (χ3v) is 5.60. The van der Waals surface area contributed by atoms with Gasteiger partial charge in [-0.1, -0.05) is 12.1 Å². The van der Waals surface area contributed by atoms with E-state index in [4.69, 9.17) is 4.74 Å². The summed E-state index contributed by atoms with van der Waals surface area (Å²) in [5.41, 5.74) is 2.43. The van der Waals surface area contributed by atoms with E-state index in [1.54, 1.807) is 38.3 Å². The van der Waals surface area contributed by atoms with Crippen LogP contribution in [0.2, 0.25) is 0 Å². The molecule has 9 nitrogen and oxygen atoms in total. The van der Waals surface area contributed by atoms with Crippen LogP contribution in [-0.2, 0) is 12.7 Å². The molecule has 3 aromatic heterocycles. The Morgan fingerprint density at radius 3 is 2.46 bits per heavy atom. The van der Waals surface area contributed by atoms with Gasteiger partial charge in [-0.2, -0.15) is 23.3 Å². The van der Waals surface area contributed by atoms with Crippen LogP contribution in [0, 0.1) is 6.92 Å². The molecule has 0 aliphatic heterocycles. The lowest BCUT2D eigenvalue weighted by atomic mass is 10.1. The molecule has 5 rings (SSSR count). The highest BCUT2D eigenvalue weighted by Gasteiger charge is 2.34. The molecule has 1 aliphatic rings. The minimum absolute atomic E-state index is 0.347. The molecule has 0 saturated heterocycles. The Morgan fingerprint density at radius 1 is 1.06 bits per heavy atom. The van der Waals surface area contributed by atoms with Crippen molar-refractivity contribution in [2.75, 3.05) is 12.4 Å². The highest BCUT2D eigenvalue weighted by molar-refractivity contribution is 5.66. The number of ether oxygens (including phenoxy) is 1. The Kier molecular flexibility index (Phi) is 5.79.